The van der Waals surface area contributed by atoms with Crippen molar-refractivity contribution in [2.24, 2.45) is 5.73 Å². The van der Waals surface area contributed by atoms with Gasteiger partial charge in [-0.15, -0.1) is 23.5 Å². The van der Waals surface area contributed by atoms with Crippen molar-refractivity contribution in [3.63, 3.8) is 0 Å². The number of hydrogen-bond acceptors (Lipinski definition) is 3. The molecule has 0 bridgehead atoms. The molecule has 72 valence electrons. The van der Waals surface area contributed by atoms with Gasteiger partial charge < -0.3 is 5.73 Å². The first kappa shape index (κ1) is 11.4. The van der Waals surface area contributed by atoms with Gasteiger partial charge in [0.15, 0.2) is 0 Å². The SMILES string of the molecule is CSc1cc(CN)cc(Br)c1SC. The summed E-state index contributed by atoms with van der Waals surface area (Å²) in [7, 11) is 0. The predicted octanol–water partition coefficient (Wildman–Crippen LogP) is 3.35. The van der Waals surface area contributed by atoms with E-state index in [2.05, 4.69) is 40.6 Å². The standard InChI is InChI=1S/C9H12BrNS2/c1-12-8-4-6(5-11)3-7(10)9(8)13-2/h3-4H,5,11H2,1-2H3. The van der Waals surface area contributed by atoms with E-state index in [0.29, 0.717) is 6.54 Å². The van der Waals surface area contributed by atoms with Gasteiger partial charge in [0, 0.05) is 20.8 Å². The fraction of sp³-hybridized carbons (Fsp3) is 0.333. The number of benzene rings is 1. The Labute approximate surface area is 96.0 Å². The minimum absolute atomic E-state index is 0.598. The van der Waals surface area contributed by atoms with Crippen LogP contribution >= 0.6 is 39.5 Å². The third kappa shape index (κ3) is 2.65. The van der Waals surface area contributed by atoms with E-state index in [-0.39, 0.29) is 0 Å². The number of thioether (sulfide) groups is 2. The van der Waals surface area contributed by atoms with Gasteiger partial charge in [0.05, 0.1) is 0 Å². The lowest BCUT2D eigenvalue weighted by atomic mass is 10.2. The Morgan fingerprint density at radius 3 is 2.46 bits per heavy atom. The van der Waals surface area contributed by atoms with Gasteiger partial charge in [-0.3, -0.25) is 0 Å². The average molecular weight is 278 g/mol. The molecule has 0 aliphatic rings. The summed E-state index contributed by atoms with van der Waals surface area (Å²) >= 11 is 7.06. The molecule has 0 radical (unpaired) electrons. The van der Waals surface area contributed by atoms with Crippen molar-refractivity contribution in [2.75, 3.05) is 12.5 Å². The monoisotopic (exact) mass is 277 g/mol. The van der Waals surface area contributed by atoms with E-state index in [1.54, 1.807) is 23.5 Å². The molecule has 0 unspecified atom stereocenters. The zero-order chi connectivity index (χ0) is 9.84. The first-order chi connectivity index (χ1) is 6.22. The highest BCUT2D eigenvalue weighted by Crippen LogP contribution is 2.35. The minimum atomic E-state index is 0.598. The van der Waals surface area contributed by atoms with Crippen LogP contribution in [0.4, 0.5) is 0 Å². The Morgan fingerprint density at radius 1 is 1.31 bits per heavy atom. The zero-order valence-electron chi connectivity index (χ0n) is 7.63. The van der Waals surface area contributed by atoms with E-state index < -0.39 is 0 Å². The van der Waals surface area contributed by atoms with Gasteiger partial charge in [0.2, 0.25) is 0 Å². The van der Waals surface area contributed by atoms with E-state index in [1.165, 1.54) is 15.4 Å². The Morgan fingerprint density at radius 2 is 2.00 bits per heavy atom. The van der Waals surface area contributed by atoms with Crippen LogP contribution in [0.25, 0.3) is 0 Å². The van der Waals surface area contributed by atoms with Gasteiger partial charge in [-0.25, -0.2) is 0 Å². The molecule has 0 aromatic heterocycles. The third-order valence-electron chi connectivity index (χ3n) is 1.73. The summed E-state index contributed by atoms with van der Waals surface area (Å²) in [5.74, 6) is 0. The van der Waals surface area contributed by atoms with Gasteiger partial charge in [0.1, 0.15) is 0 Å². The van der Waals surface area contributed by atoms with Crippen molar-refractivity contribution in [2.45, 2.75) is 16.3 Å². The topological polar surface area (TPSA) is 26.0 Å². The maximum absolute atomic E-state index is 5.60. The van der Waals surface area contributed by atoms with Gasteiger partial charge in [-0.1, -0.05) is 0 Å². The van der Waals surface area contributed by atoms with E-state index in [4.69, 9.17) is 5.73 Å². The van der Waals surface area contributed by atoms with Crippen LogP contribution in [0, 0.1) is 0 Å². The van der Waals surface area contributed by atoms with Gasteiger partial charge >= 0.3 is 0 Å². The van der Waals surface area contributed by atoms with Gasteiger partial charge in [-0.05, 0) is 46.1 Å². The molecule has 0 aliphatic carbocycles. The summed E-state index contributed by atoms with van der Waals surface area (Å²) in [5.41, 5.74) is 6.77. The highest BCUT2D eigenvalue weighted by atomic mass is 79.9. The highest BCUT2D eigenvalue weighted by Gasteiger charge is 2.06. The molecule has 1 nitrogen and oxygen atoms in total. The smallest absolute Gasteiger partial charge is 0.0348 e. The summed E-state index contributed by atoms with van der Waals surface area (Å²) in [4.78, 5) is 2.59. The molecule has 1 rings (SSSR count). The quantitative estimate of drug-likeness (QED) is 0.859. The Hall–Kier alpha value is 0.360. The minimum Gasteiger partial charge on any atom is -0.326 e. The van der Waals surface area contributed by atoms with Gasteiger partial charge in [0.25, 0.3) is 0 Å². The summed E-state index contributed by atoms with van der Waals surface area (Å²) in [6, 6.07) is 4.24. The molecule has 0 saturated carbocycles. The molecular weight excluding hydrogens is 266 g/mol. The number of hydrogen-bond donors (Lipinski definition) is 1. The Bertz CT molecular complexity index is 302. The molecule has 1 aromatic rings. The lowest BCUT2D eigenvalue weighted by Gasteiger charge is -2.09. The zero-order valence-corrected chi connectivity index (χ0v) is 10.9. The molecule has 1 aromatic carbocycles. The van der Waals surface area contributed by atoms with Crippen LogP contribution in [0.5, 0.6) is 0 Å². The molecule has 0 heterocycles. The van der Waals surface area contributed by atoms with Crippen molar-refractivity contribution in [1.82, 2.24) is 0 Å². The third-order valence-corrected chi connectivity index (χ3v) is 4.36. The van der Waals surface area contributed by atoms with Crippen molar-refractivity contribution in [3.05, 3.63) is 22.2 Å². The van der Waals surface area contributed by atoms with E-state index in [0.717, 1.165) is 4.47 Å². The predicted molar refractivity (Wildman–Crippen MR) is 65.6 cm³/mol. The van der Waals surface area contributed by atoms with Crippen molar-refractivity contribution in [1.29, 1.82) is 0 Å². The van der Waals surface area contributed by atoms with Gasteiger partial charge in [-0.2, -0.15) is 0 Å². The molecule has 0 fully saturated rings. The second-order valence-electron chi connectivity index (χ2n) is 2.52. The molecular formula is C9H12BrNS2. The van der Waals surface area contributed by atoms with Crippen LogP contribution in [0.3, 0.4) is 0 Å². The highest BCUT2D eigenvalue weighted by molar-refractivity contribution is 9.10. The molecule has 0 saturated heterocycles. The number of nitrogens with two attached hydrogens (primary N) is 1. The molecule has 0 amide bonds. The maximum Gasteiger partial charge on any atom is 0.0348 e. The van der Waals surface area contributed by atoms with Crippen molar-refractivity contribution < 1.29 is 0 Å². The largest absolute Gasteiger partial charge is 0.326 e. The van der Waals surface area contributed by atoms with Crippen LogP contribution in [0.1, 0.15) is 5.56 Å². The normalized spacial score (nSPS) is 10.5. The Balaban J connectivity index is 3.20. The molecule has 2 N–H and O–H groups in total. The number of halogens is 1. The van der Waals surface area contributed by atoms with E-state index >= 15 is 0 Å². The maximum atomic E-state index is 5.60. The van der Waals surface area contributed by atoms with Crippen molar-refractivity contribution >= 4 is 39.5 Å². The first-order valence-corrected chi connectivity index (χ1v) is 7.07. The lowest BCUT2D eigenvalue weighted by molar-refractivity contribution is 1.04. The summed E-state index contributed by atoms with van der Waals surface area (Å²) in [6.07, 6.45) is 4.17. The molecule has 0 aliphatic heterocycles. The van der Waals surface area contributed by atoms with Crippen LogP contribution < -0.4 is 5.73 Å². The first-order valence-electron chi connectivity index (χ1n) is 3.83. The lowest BCUT2D eigenvalue weighted by Crippen LogP contribution is -1.97. The van der Waals surface area contributed by atoms with E-state index in [9.17, 15) is 0 Å². The van der Waals surface area contributed by atoms with Crippen LogP contribution in [0.15, 0.2) is 26.4 Å². The Kier molecular flexibility index (Phi) is 4.66. The average Bonchev–Trinajstić information content (AvgIpc) is 2.16. The van der Waals surface area contributed by atoms with Crippen molar-refractivity contribution in [3.8, 4) is 0 Å². The molecule has 13 heavy (non-hydrogen) atoms. The van der Waals surface area contributed by atoms with E-state index in [1.807, 2.05) is 0 Å². The molecule has 0 spiro atoms. The van der Waals surface area contributed by atoms with Crippen LogP contribution in [-0.4, -0.2) is 12.5 Å². The molecule has 0 atom stereocenters. The summed E-state index contributed by atoms with van der Waals surface area (Å²) in [6.45, 7) is 0.598. The molecule has 4 heteroatoms. The summed E-state index contributed by atoms with van der Waals surface area (Å²) < 4.78 is 1.15. The van der Waals surface area contributed by atoms with Crippen LogP contribution in [0.2, 0.25) is 0 Å². The van der Waals surface area contributed by atoms with Crippen LogP contribution in [-0.2, 0) is 6.54 Å². The summed E-state index contributed by atoms with van der Waals surface area (Å²) in [5, 5.41) is 0. The second kappa shape index (κ2) is 5.29. The fourth-order valence-corrected chi connectivity index (χ4v) is 3.79. The fourth-order valence-electron chi connectivity index (χ4n) is 1.09. The number of rotatable bonds is 3. The second-order valence-corrected chi connectivity index (χ2v) is 5.04.